The van der Waals surface area contributed by atoms with Gasteiger partial charge in [-0.05, 0) is 25.0 Å². The minimum atomic E-state index is -3.87. The first-order chi connectivity index (χ1) is 12.5. The third-order valence-corrected chi connectivity index (χ3v) is 6.57. The predicted octanol–water partition coefficient (Wildman–Crippen LogP) is 1.35. The van der Waals surface area contributed by atoms with E-state index in [-0.39, 0.29) is 11.4 Å². The Hall–Kier alpha value is -2.24. The third kappa shape index (κ3) is 3.50. The van der Waals surface area contributed by atoms with E-state index in [1.54, 1.807) is 0 Å². The van der Waals surface area contributed by atoms with Crippen LogP contribution in [0.25, 0.3) is 0 Å². The Bertz CT molecular complexity index is 885. The average Bonchev–Trinajstić information content (AvgIpc) is 3.32. The number of sulfonamides is 1. The molecular weight excluding hydrogens is 380 g/mol. The lowest BCUT2D eigenvalue weighted by molar-refractivity contribution is -0.119. The van der Waals surface area contributed by atoms with E-state index in [9.17, 15) is 13.2 Å². The van der Waals surface area contributed by atoms with Crippen molar-refractivity contribution in [3.8, 4) is 11.5 Å². The summed E-state index contributed by atoms with van der Waals surface area (Å²) in [5.41, 5.74) is 1.49. The van der Waals surface area contributed by atoms with Crippen LogP contribution in [0.2, 0.25) is 0 Å². The lowest BCUT2D eigenvalue weighted by Gasteiger charge is -2.23. The Labute approximate surface area is 155 Å². The van der Waals surface area contributed by atoms with Crippen molar-refractivity contribution in [1.29, 1.82) is 0 Å². The number of carbonyl (C=O) groups is 1. The molecule has 140 valence electrons. The molecule has 9 nitrogen and oxygen atoms in total. The highest BCUT2D eigenvalue weighted by Crippen LogP contribution is 2.33. The number of hydrogen-bond donors (Lipinski definition) is 1. The number of amides is 1. The maximum absolute atomic E-state index is 13.0. The summed E-state index contributed by atoms with van der Waals surface area (Å²) in [7, 11) is -0.960. The van der Waals surface area contributed by atoms with Crippen LogP contribution in [-0.4, -0.2) is 55.6 Å². The van der Waals surface area contributed by atoms with Crippen molar-refractivity contribution in [3.63, 3.8) is 0 Å². The summed E-state index contributed by atoms with van der Waals surface area (Å²) in [6, 6.07) is 3.57. The van der Waals surface area contributed by atoms with Crippen LogP contribution in [0.4, 0.5) is 5.13 Å². The molecule has 1 N–H and O–H groups in total. The SMILES string of the molecule is COc1ccc(S(=O)(=O)N2CCCC2C(=O)Nc2nncs2)cc1OC. The van der Waals surface area contributed by atoms with E-state index in [4.69, 9.17) is 9.47 Å². The highest BCUT2D eigenvalue weighted by molar-refractivity contribution is 7.89. The summed E-state index contributed by atoms with van der Waals surface area (Å²) < 4.78 is 37.6. The van der Waals surface area contributed by atoms with Crippen LogP contribution < -0.4 is 14.8 Å². The number of ether oxygens (including phenoxy) is 2. The van der Waals surface area contributed by atoms with Crippen molar-refractivity contribution < 1.29 is 22.7 Å². The molecule has 26 heavy (non-hydrogen) atoms. The second-order valence-corrected chi connectivity index (χ2v) is 8.25. The summed E-state index contributed by atoms with van der Waals surface area (Å²) in [6.07, 6.45) is 1.04. The molecule has 0 aliphatic carbocycles. The largest absolute Gasteiger partial charge is 0.493 e. The molecule has 1 aliphatic heterocycles. The van der Waals surface area contributed by atoms with Gasteiger partial charge in [0.15, 0.2) is 11.5 Å². The molecule has 3 rings (SSSR count). The molecule has 1 amide bonds. The zero-order chi connectivity index (χ0) is 18.7. The maximum atomic E-state index is 13.0. The number of methoxy groups -OCH3 is 2. The van der Waals surface area contributed by atoms with E-state index in [0.29, 0.717) is 29.5 Å². The Kier molecular flexibility index (Phi) is 5.39. The molecule has 1 fully saturated rings. The predicted molar refractivity (Wildman–Crippen MR) is 95.0 cm³/mol. The number of aromatic nitrogens is 2. The van der Waals surface area contributed by atoms with Crippen LogP contribution in [0.1, 0.15) is 12.8 Å². The fourth-order valence-electron chi connectivity index (χ4n) is 2.82. The zero-order valence-electron chi connectivity index (χ0n) is 14.2. The number of nitrogens with one attached hydrogen (secondary N) is 1. The molecule has 1 aromatic heterocycles. The molecule has 1 atom stereocenters. The number of hydrogen-bond acceptors (Lipinski definition) is 8. The first-order valence-electron chi connectivity index (χ1n) is 7.78. The number of benzene rings is 1. The molecule has 1 unspecified atom stereocenters. The quantitative estimate of drug-likeness (QED) is 0.782. The first-order valence-corrected chi connectivity index (χ1v) is 10.1. The minimum absolute atomic E-state index is 0.0470. The van der Waals surface area contributed by atoms with Gasteiger partial charge in [-0.15, -0.1) is 10.2 Å². The number of nitrogens with zero attached hydrogens (tertiary/aromatic N) is 3. The normalized spacial score (nSPS) is 17.8. The van der Waals surface area contributed by atoms with Crippen LogP contribution in [0.3, 0.4) is 0 Å². The Morgan fingerprint density at radius 1 is 1.31 bits per heavy atom. The fourth-order valence-corrected chi connectivity index (χ4v) is 4.94. The van der Waals surface area contributed by atoms with Crippen molar-refractivity contribution in [3.05, 3.63) is 23.7 Å². The van der Waals surface area contributed by atoms with E-state index >= 15 is 0 Å². The molecule has 1 saturated heterocycles. The second-order valence-electron chi connectivity index (χ2n) is 5.52. The van der Waals surface area contributed by atoms with E-state index < -0.39 is 22.0 Å². The summed E-state index contributed by atoms with van der Waals surface area (Å²) in [6.45, 7) is 0.269. The minimum Gasteiger partial charge on any atom is -0.493 e. The van der Waals surface area contributed by atoms with Gasteiger partial charge in [-0.2, -0.15) is 4.31 Å². The molecule has 2 aromatic rings. The van der Waals surface area contributed by atoms with E-state index in [1.807, 2.05) is 0 Å². The fraction of sp³-hybridized carbons (Fsp3) is 0.400. The van der Waals surface area contributed by atoms with E-state index in [0.717, 1.165) is 0 Å². The van der Waals surface area contributed by atoms with Crippen molar-refractivity contribution in [1.82, 2.24) is 14.5 Å². The maximum Gasteiger partial charge on any atom is 0.244 e. The molecule has 2 heterocycles. The van der Waals surface area contributed by atoms with Crippen LogP contribution in [-0.2, 0) is 14.8 Å². The molecule has 1 aliphatic rings. The molecule has 11 heteroatoms. The highest BCUT2D eigenvalue weighted by atomic mass is 32.2. The van der Waals surface area contributed by atoms with Crippen LogP contribution in [0, 0.1) is 0 Å². The monoisotopic (exact) mass is 398 g/mol. The Morgan fingerprint density at radius 2 is 2.08 bits per heavy atom. The second kappa shape index (κ2) is 7.56. The van der Waals surface area contributed by atoms with E-state index in [2.05, 4.69) is 15.5 Å². The van der Waals surface area contributed by atoms with Crippen molar-refractivity contribution in [2.24, 2.45) is 0 Å². The average molecular weight is 398 g/mol. The first kappa shape index (κ1) is 18.5. The standard InChI is InChI=1S/C15H18N4O5S2/c1-23-12-6-5-10(8-13(12)24-2)26(21,22)19-7-3-4-11(19)14(20)17-15-18-16-9-25-15/h5-6,8-9,11H,3-4,7H2,1-2H3,(H,17,18,20). The lowest BCUT2D eigenvalue weighted by Crippen LogP contribution is -2.43. The zero-order valence-corrected chi connectivity index (χ0v) is 15.8. The number of anilines is 1. The van der Waals surface area contributed by atoms with Crippen molar-refractivity contribution in [2.45, 2.75) is 23.8 Å². The van der Waals surface area contributed by atoms with Crippen molar-refractivity contribution >= 4 is 32.4 Å². The van der Waals surface area contributed by atoms with Gasteiger partial charge in [0.25, 0.3) is 0 Å². The summed E-state index contributed by atoms with van der Waals surface area (Å²) >= 11 is 1.17. The smallest absolute Gasteiger partial charge is 0.244 e. The van der Waals surface area contributed by atoms with Crippen LogP contribution >= 0.6 is 11.3 Å². The van der Waals surface area contributed by atoms with Gasteiger partial charge < -0.3 is 9.47 Å². The molecule has 0 spiro atoms. The van der Waals surface area contributed by atoms with Gasteiger partial charge in [0.2, 0.25) is 21.1 Å². The molecule has 1 aromatic carbocycles. The topological polar surface area (TPSA) is 111 Å². The highest BCUT2D eigenvalue weighted by Gasteiger charge is 2.40. The summed E-state index contributed by atoms with van der Waals surface area (Å²) in [5.74, 6) is 0.323. The Balaban J connectivity index is 1.87. The molecule has 0 radical (unpaired) electrons. The molecule has 0 saturated carbocycles. The van der Waals surface area contributed by atoms with Gasteiger partial charge >= 0.3 is 0 Å². The number of rotatable bonds is 6. The van der Waals surface area contributed by atoms with Gasteiger partial charge in [0, 0.05) is 12.6 Å². The van der Waals surface area contributed by atoms with Gasteiger partial charge in [-0.1, -0.05) is 11.3 Å². The van der Waals surface area contributed by atoms with Gasteiger partial charge in [0.1, 0.15) is 11.6 Å². The molecule has 0 bridgehead atoms. The van der Waals surface area contributed by atoms with Crippen molar-refractivity contribution in [2.75, 3.05) is 26.1 Å². The molecular formula is C15H18N4O5S2. The lowest BCUT2D eigenvalue weighted by atomic mass is 10.2. The van der Waals surface area contributed by atoms with Gasteiger partial charge in [0.05, 0.1) is 19.1 Å². The summed E-state index contributed by atoms with van der Waals surface area (Å²) in [4.78, 5) is 12.5. The van der Waals surface area contributed by atoms with Gasteiger partial charge in [-0.25, -0.2) is 8.42 Å². The van der Waals surface area contributed by atoms with Crippen LogP contribution in [0.15, 0.2) is 28.6 Å². The third-order valence-electron chi connectivity index (χ3n) is 4.06. The van der Waals surface area contributed by atoms with E-state index in [1.165, 1.54) is 53.6 Å². The number of carbonyl (C=O) groups excluding carboxylic acids is 1. The Morgan fingerprint density at radius 3 is 2.73 bits per heavy atom. The summed E-state index contributed by atoms with van der Waals surface area (Å²) in [5, 5.41) is 10.4. The van der Waals surface area contributed by atoms with Crippen LogP contribution in [0.5, 0.6) is 11.5 Å². The van der Waals surface area contributed by atoms with Gasteiger partial charge in [-0.3, -0.25) is 10.1 Å².